The SMILES string of the molecule is C[C@H](c1ccccc1)N1Cc2c(cc3c(c2CO)C=NC3)CC1=O.C[C@H](c1ccccc1)N1Cc2cc3c(cc2CC1=O)CN=C3N1CCc2ncsc2C1. The molecule has 278 valence electrons. The van der Waals surface area contributed by atoms with Crippen molar-refractivity contribution in [1.29, 1.82) is 0 Å². The summed E-state index contributed by atoms with van der Waals surface area (Å²) in [7, 11) is 0. The molecule has 10 heteroatoms. The fourth-order valence-corrected chi connectivity index (χ4v) is 9.61. The molecule has 0 saturated carbocycles. The van der Waals surface area contributed by atoms with E-state index in [-0.39, 0.29) is 30.5 Å². The fourth-order valence-electron chi connectivity index (χ4n) is 8.78. The van der Waals surface area contributed by atoms with Gasteiger partial charge < -0.3 is 19.8 Å². The van der Waals surface area contributed by atoms with Gasteiger partial charge >= 0.3 is 0 Å². The lowest BCUT2D eigenvalue weighted by atomic mass is 9.88. The van der Waals surface area contributed by atoms with Gasteiger partial charge in [0.15, 0.2) is 0 Å². The van der Waals surface area contributed by atoms with Gasteiger partial charge in [-0.2, -0.15) is 0 Å². The summed E-state index contributed by atoms with van der Waals surface area (Å²) < 4.78 is 0. The number of benzene rings is 4. The van der Waals surface area contributed by atoms with Gasteiger partial charge in [-0.1, -0.05) is 72.8 Å². The van der Waals surface area contributed by atoms with E-state index in [4.69, 9.17) is 4.99 Å². The third kappa shape index (κ3) is 6.57. The first kappa shape index (κ1) is 35.3. The average molecular weight is 749 g/mol. The quantitative estimate of drug-likeness (QED) is 0.212. The topological polar surface area (TPSA) is 102 Å². The second kappa shape index (κ2) is 14.7. The summed E-state index contributed by atoms with van der Waals surface area (Å²) in [6, 6.07) is 27.1. The summed E-state index contributed by atoms with van der Waals surface area (Å²) in [5, 5.41) is 9.90. The summed E-state index contributed by atoms with van der Waals surface area (Å²) >= 11 is 1.74. The van der Waals surface area contributed by atoms with Crippen LogP contribution in [0.3, 0.4) is 0 Å². The number of hydrogen-bond donors (Lipinski definition) is 1. The smallest absolute Gasteiger partial charge is 0.227 e. The molecule has 2 amide bonds. The molecule has 1 aromatic heterocycles. The minimum Gasteiger partial charge on any atom is -0.392 e. The van der Waals surface area contributed by atoms with Crippen LogP contribution in [-0.4, -0.2) is 55.2 Å². The molecule has 4 aromatic carbocycles. The third-order valence-corrected chi connectivity index (χ3v) is 12.8. The number of aliphatic hydroxyl groups excluding tert-OH is 1. The highest BCUT2D eigenvalue weighted by molar-refractivity contribution is 7.09. The van der Waals surface area contributed by atoms with Crippen LogP contribution < -0.4 is 0 Å². The van der Waals surface area contributed by atoms with Gasteiger partial charge in [-0.05, 0) is 70.0 Å². The molecule has 10 rings (SSSR count). The molecule has 0 bridgehead atoms. The van der Waals surface area contributed by atoms with E-state index in [0.29, 0.717) is 39.0 Å². The van der Waals surface area contributed by atoms with Crippen LogP contribution in [0.4, 0.5) is 0 Å². The second-order valence-corrected chi connectivity index (χ2v) is 16.0. The van der Waals surface area contributed by atoms with Crippen LogP contribution in [-0.2, 0) is 68.2 Å². The van der Waals surface area contributed by atoms with Crippen LogP contribution in [0.5, 0.6) is 0 Å². The molecule has 55 heavy (non-hydrogen) atoms. The number of carbonyl (C=O) groups is 2. The maximum Gasteiger partial charge on any atom is 0.227 e. The highest BCUT2D eigenvalue weighted by atomic mass is 32.1. The Hall–Kier alpha value is -5.45. The van der Waals surface area contributed by atoms with Gasteiger partial charge in [0.05, 0.1) is 62.4 Å². The van der Waals surface area contributed by atoms with Crippen LogP contribution in [0, 0.1) is 0 Å². The van der Waals surface area contributed by atoms with E-state index in [1.807, 2.05) is 57.9 Å². The Kier molecular flexibility index (Phi) is 9.40. The van der Waals surface area contributed by atoms with Gasteiger partial charge in [0.25, 0.3) is 0 Å². The fraction of sp³-hybridized carbons (Fsp3) is 0.311. The van der Waals surface area contributed by atoms with Crippen LogP contribution in [0.25, 0.3) is 0 Å². The molecule has 1 N–H and O–H groups in total. The standard InChI is InChI=1S/C25H24N4OS.C20H20N2O2/c1-16(17-5-3-2-4-6-17)29-13-20-10-21-19(9-18(20)11-24(29)30)12-26-25(21)28-8-7-22-23(14-28)31-15-27-22;1-13(14-5-3-2-4-6-14)22-11-18-15(8-20(22)24)7-16-9-21-10-17(16)19(18)12-23/h2-6,9-10,15-16H,7-8,11-14H2,1H3;2-7,10,13,23H,8-9,11-12H2,1H3/t16-;13-/m11/s1. The van der Waals surface area contributed by atoms with Crippen molar-refractivity contribution >= 4 is 35.2 Å². The van der Waals surface area contributed by atoms with E-state index in [1.54, 1.807) is 11.3 Å². The highest BCUT2D eigenvalue weighted by Gasteiger charge is 2.33. The molecule has 0 saturated heterocycles. The molecule has 5 aliphatic heterocycles. The number of amides is 2. The number of amidine groups is 1. The molecular weight excluding hydrogens is 705 g/mol. The summed E-state index contributed by atoms with van der Waals surface area (Å²) in [4.78, 5) is 47.1. The van der Waals surface area contributed by atoms with Crippen molar-refractivity contribution in [2.75, 3.05) is 6.54 Å². The molecule has 2 atom stereocenters. The number of thiazole rings is 1. The zero-order chi connectivity index (χ0) is 37.6. The molecular formula is C45H44N6O3S. The first-order valence-corrected chi connectivity index (χ1v) is 20.1. The summed E-state index contributed by atoms with van der Waals surface area (Å²) in [6.07, 6.45) is 3.70. The minimum atomic E-state index is -0.0146. The van der Waals surface area contributed by atoms with E-state index < -0.39 is 0 Å². The average Bonchev–Trinajstić information content (AvgIpc) is 3.99. The Bertz CT molecular complexity index is 2350. The molecule has 0 aliphatic carbocycles. The molecule has 5 aliphatic rings. The lowest BCUT2D eigenvalue weighted by molar-refractivity contribution is -0.135. The van der Waals surface area contributed by atoms with Gasteiger partial charge in [0, 0.05) is 48.3 Å². The van der Waals surface area contributed by atoms with E-state index in [9.17, 15) is 14.7 Å². The van der Waals surface area contributed by atoms with Crippen molar-refractivity contribution in [3.63, 3.8) is 0 Å². The summed E-state index contributed by atoms with van der Waals surface area (Å²) in [5.41, 5.74) is 15.6. The van der Waals surface area contributed by atoms with Crippen LogP contribution >= 0.6 is 11.3 Å². The zero-order valence-electron chi connectivity index (χ0n) is 31.2. The number of hydrogen-bond acceptors (Lipinski definition) is 8. The van der Waals surface area contributed by atoms with E-state index >= 15 is 0 Å². The highest BCUT2D eigenvalue weighted by Crippen LogP contribution is 2.36. The van der Waals surface area contributed by atoms with Crippen molar-refractivity contribution < 1.29 is 14.7 Å². The van der Waals surface area contributed by atoms with E-state index in [1.165, 1.54) is 38.4 Å². The van der Waals surface area contributed by atoms with Crippen molar-refractivity contribution in [2.24, 2.45) is 9.98 Å². The minimum absolute atomic E-state index is 0.0142. The first-order valence-electron chi connectivity index (χ1n) is 19.2. The number of aromatic nitrogens is 1. The normalized spacial score (nSPS) is 17.7. The Morgan fingerprint density at radius 1 is 0.764 bits per heavy atom. The molecule has 6 heterocycles. The van der Waals surface area contributed by atoms with Gasteiger partial charge in [0.2, 0.25) is 11.8 Å². The molecule has 0 unspecified atom stereocenters. The molecule has 0 fully saturated rings. The van der Waals surface area contributed by atoms with Crippen molar-refractivity contribution in [3.8, 4) is 0 Å². The lowest BCUT2D eigenvalue weighted by Crippen LogP contribution is -2.38. The maximum atomic E-state index is 13.0. The number of carbonyl (C=O) groups excluding carboxylic acids is 2. The number of fused-ring (bicyclic) bond motifs is 5. The Morgan fingerprint density at radius 2 is 1.44 bits per heavy atom. The Labute approximate surface area is 325 Å². The van der Waals surface area contributed by atoms with E-state index in [0.717, 1.165) is 58.7 Å². The number of rotatable bonds is 5. The van der Waals surface area contributed by atoms with Gasteiger partial charge in [-0.25, -0.2) is 4.98 Å². The van der Waals surface area contributed by atoms with E-state index in [2.05, 4.69) is 71.2 Å². The summed E-state index contributed by atoms with van der Waals surface area (Å²) in [5.74, 6) is 1.45. The van der Waals surface area contributed by atoms with Gasteiger partial charge in [-0.15, -0.1) is 11.3 Å². The van der Waals surface area contributed by atoms with Crippen molar-refractivity contribution in [1.82, 2.24) is 19.7 Å². The van der Waals surface area contributed by atoms with Crippen molar-refractivity contribution in [2.45, 2.75) is 84.5 Å². The molecule has 0 radical (unpaired) electrons. The van der Waals surface area contributed by atoms with Crippen LogP contribution in [0.1, 0.15) is 97.7 Å². The van der Waals surface area contributed by atoms with Crippen molar-refractivity contribution in [3.05, 3.63) is 156 Å². The van der Waals surface area contributed by atoms with Crippen LogP contribution in [0.2, 0.25) is 0 Å². The Morgan fingerprint density at radius 3 is 2.15 bits per heavy atom. The monoisotopic (exact) mass is 748 g/mol. The van der Waals surface area contributed by atoms with Gasteiger partial charge in [-0.3, -0.25) is 19.6 Å². The van der Waals surface area contributed by atoms with Gasteiger partial charge in [0.1, 0.15) is 5.84 Å². The third-order valence-electron chi connectivity index (χ3n) is 11.9. The zero-order valence-corrected chi connectivity index (χ0v) is 32.1. The lowest BCUT2D eigenvalue weighted by Gasteiger charge is -2.35. The predicted molar refractivity (Wildman–Crippen MR) is 215 cm³/mol. The largest absolute Gasteiger partial charge is 0.392 e. The molecule has 9 nitrogen and oxygen atoms in total. The predicted octanol–water partition coefficient (Wildman–Crippen LogP) is 6.86. The van der Waals surface area contributed by atoms with Crippen LogP contribution in [0.15, 0.2) is 94.4 Å². The maximum absolute atomic E-state index is 13.0. The second-order valence-electron chi connectivity index (χ2n) is 15.1. The Balaban J connectivity index is 0.000000149. The number of aliphatic hydroxyl groups is 1. The first-order chi connectivity index (χ1) is 26.9. The summed E-state index contributed by atoms with van der Waals surface area (Å²) in [6.45, 7) is 8.58. The number of aliphatic imine (C=N–C) groups is 2. The number of nitrogens with zero attached hydrogens (tertiary/aromatic N) is 6. The molecule has 5 aromatic rings. The molecule has 0 spiro atoms.